The van der Waals surface area contributed by atoms with Crippen LogP contribution in [0.4, 0.5) is 17.6 Å². The third-order valence-corrected chi connectivity index (χ3v) is 1.96. The zero-order valence-electron chi connectivity index (χ0n) is 8.26. The van der Waals surface area contributed by atoms with Crippen LogP contribution in [0.25, 0.3) is 0 Å². The molecule has 3 nitrogen and oxygen atoms in total. The molecule has 0 unspecified atom stereocenters. The number of nitrogens with two attached hydrogens (primary N) is 1. The Labute approximate surface area is 89.7 Å². The highest BCUT2D eigenvalue weighted by atomic mass is 19.4. The van der Waals surface area contributed by atoms with Crippen molar-refractivity contribution in [3.8, 4) is 0 Å². The number of rotatable bonds is 4. The van der Waals surface area contributed by atoms with Crippen molar-refractivity contribution in [2.24, 2.45) is 5.73 Å². The van der Waals surface area contributed by atoms with E-state index in [9.17, 15) is 17.6 Å². The Morgan fingerprint density at radius 2 is 2.12 bits per heavy atom. The lowest BCUT2D eigenvalue weighted by molar-refractivity contribution is -0.146. The Kier molecular flexibility index (Phi) is 4.19. The van der Waals surface area contributed by atoms with Gasteiger partial charge in [0, 0.05) is 24.8 Å². The van der Waals surface area contributed by atoms with Crippen LogP contribution in [0.2, 0.25) is 0 Å². The summed E-state index contributed by atoms with van der Waals surface area (Å²) in [5, 5.41) is 2.44. The van der Waals surface area contributed by atoms with Gasteiger partial charge in [0.05, 0.1) is 6.20 Å². The fourth-order valence-electron chi connectivity index (χ4n) is 1.03. The van der Waals surface area contributed by atoms with Crippen molar-refractivity contribution < 1.29 is 17.6 Å². The fourth-order valence-corrected chi connectivity index (χ4v) is 1.03. The molecule has 1 aromatic rings. The maximum Gasteiger partial charge on any atom is 0.404 e. The van der Waals surface area contributed by atoms with Crippen LogP contribution in [-0.4, -0.2) is 23.7 Å². The number of pyridine rings is 1. The molecule has 0 aliphatic heterocycles. The summed E-state index contributed by atoms with van der Waals surface area (Å²) in [6.07, 6.45) is -2.08. The van der Waals surface area contributed by atoms with Gasteiger partial charge in [0.2, 0.25) is 0 Å². The van der Waals surface area contributed by atoms with Gasteiger partial charge in [0.15, 0.2) is 0 Å². The van der Waals surface area contributed by atoms with Crippen LogP contribution in [0, 0.1) is 5.82 Å². The Hall–Kier alpha value is -1.21. The Morgan fingerprint density at radius 3 is 2.69 bits per heavy atom. The maximum absolute atomic E-state index is 13.0. The Bertz CT molecular complexity index is 340. The van der Waals surface area contributed by atoms with Gasteiger partial charge in [-0.1, -0.05) is 0 Å². The molecule has 0 spiro atoms. The molecule has 1 rings (SSSR count). The minimum Gasteiger partial charge on any atom is -0.319 e. The van der Waals surface area contributed by atoms with E-state index in [2.05, 4.69) is 10.3 Å². The lowest BCUT2D eigenvalue weighted by atomic mass is 10.2. The minimum atomic E-state index is -4.44. The van der Waals surface area contributed by atoms with Crippen LogP contribution >= 0.6 is 0 Å². The first-order valence-corrected chi connectivity index (χ1v) is 4.52. The summed E-state index contributed by atoms with van der Waals surface area (Å²) in [7, 11) is 0. The molecular formula is C9H11F4N3. The van der Waals surface area contributed by atoms with E-state index >= 15 is 0 Å². The monoisotopic (exact) mass is 237 g/mol. The number of hydrogen-bond acceptors (Lipinski definition) is 3. The summed E-state index contributed by atoms with van der Waals surface area (Å²) in [6, 6.07) is -0.557. The molecule has 1 aromatic heterocycles. The van der Waals surface area contributed by atoms with Crippen LogP contribution in [0.3, 0.4) is 0 Å². The topological polar surface area (TPSA) is 50.9 Å². The van der Waals surface area contributed by atoms with E-state index < -0.39 is 24.6 Å². The van der Waals surface area contributed by atoms with Crippen molar-refractivity contribution in [1.29, 1.82) is 0 Å². The molecular weight excluding hydrogens is 226 g/mol. The standard InChI is InChI=1S/C9H11F4N3/c10-7-4-15-2-1-6(7)3-16-5-8(14)9(11,12)13/h1-2,4,8,16H,3,5,14H2/t8-/m0/s1. The largest absolute Gasteiger partial charge is 0.404 e. The van der Waals surface area contributed by atoms with Gasteiger partial charge in [-0.15, -0.1) is 0 Å². The van der Waals surface area contributed by atoms with E-state index in [0.29, 0.717) is 0 Å². The number of halogens is 4. The smallest absolute Gasteiger partial charge is 0.319 e. The molecule has 7 heteroatoms. The second-order valence-corrected chi connectivity index (χ2v) is 3.25. The van der Waals surface area contributed by atoms with Gasteiger partial charge < -0.3 is 11.1 Å². The molecule has 0 saturated heterocycles. The van der Waals surface area contributed by atoms with Gasteiger partial charge in [-0.05, 0) is 6.07 Å². The predicted molar refractivity (Wildman–Crippen MR) is 49.9 cm³/mol. The van der Waals surface area contributed by atoms with Gasteiger partial charge in [-0.25, -0.2) is 4.39 Å². The lowest BCUT2D eigenvalue weighted by Crippen LogP contribution is -2.45. The number of nitrogens with zero attached hydrogens (tertiary/aromatic N) is 1. The van der Waals surface area contributed by atoms with Crippen molar-refractivity contribution in [3.05, 3.63) is 29.8 Å². The molecule has 0 aromatic carbocycles. The van der Waals surface area contributed by atoms with Crippen molar-refractivity contribution in [1.82, 2.24) is 10.3 Å². The number of hydrogen-bond donors (Lipinski definition) is 2. The molecule has 0 saturated carbocycles. The SMILES string of the molecule is N[C@@H](CNCc1ccncc1F)C(F)(F)F. The van der Waals surface area contributed by atoms with Gasteiger partial charge in [-0.2, -0.15) is 13.2 Å². The quantitative estimate of drug-likeness (QED) is 0.774. The maximum atomic E-state index is 13.0. The van der Waals surface area contributed by atoms with Crippen LogP contribution < -0.4 is 11.1 Å². The summed E-state index contributed by atoms with van der Waals surface area (Å²) < 4.78 is 49.0. The van der Waals surface area contributed by atoms with E-state index in [1.165, 1.54) is 12.3 Å². The van der Waals surface area contributed by atoms with Gasteiger partial charge in [0.1, 0.15) is 11.9 Å². The van der Waals surface area contributed by atoms with E-state index in [1.54, 1.807) is 0 Å². The van der Waals surface area contributed by atoms with E-state index in [-0.39, 0.29) is 12.1 Å². The molecule has 0 amide bonds. The second kappa shape index (κ2) is 5.22. The van der Waals surface area contributed by atoms with E-state index in [0.717, 1.165) is 6.20 Å². The molecule has 0 bridgehead atoms. The summed E-state index contributed by atoms with van der Waals surface area (Å²) in [5.74, 6) is -0.560. The van der Waals surface area contributed by atoms with Crippen molar-refractivity contribution in [2.75, 3.05) is 6.54 Å². The Balaban J connectivity index is 2.40. The second-order valence-electron chi connectivity index (χ2n) is 3.25. The van der Waals surface area contributed by atoms with Gasteiger partial charge >= 0.3 is 6.18 Å². The average molecular weight is 237 g/mol. The molecule has 0 radical (unpaired) electrons. The summed E-state index contributed by atoms with van der Waals surface area (Å²) in [6.45, 7) is -0.469. The van der Waals surface area contributed by atoms with E-state index in [1.807, 2.05) is 0 Å². The third kappa shape index (κ3) is 3.74. The Morgan fingerprint density at radius 1 is 1.44 bits per heavy atom. The lowest BCUT2D eigenvalue weighted by Gasteiger charge is -2.16. The third-order valence-electron chi connectivity index (χ3n) is 1.96. The first-order valence-electron chi connectivity index (χ1n) is 4.52. The molecule has 16 heavy (non-hydrogen) atoms. The van der Waals surface area contributed by atoms with Gasteiger partial charge in [-0.3, -0.25) is 4.98 Å². The molecule has 90 valence electrons. The van der Waals surface area contributed by atoms with Gasteiger partial charge in [0.25, 0.3) is 0 Å². The molecule has 0 fully saturated rings. The highest BCUT2D eigenvalue weighted by Gasteiger charge is 2.36. The summed E-state index contributed by atoms with van der Waals surface area (Å²) in [5.41, 5.74) is 5.11. The number of nitrogens with one attached hydrogen (secondary N) is 1. The molecule has 1 heterocycles. The zero-order chi connectivity index (χ0) is 12.2. The van der Waals surface area contributed by atoms with Crippen LogP contribution in [0.1, 0.15) is 5.56 Å². The molecule has 1 atom stereocenters. The number of alkyl halides is 3. The van der Waals surface area contributed by atoms with Crippen molar-refractivity contribution >= 4 is 0 Å². The summed E-state index contributed by atoms with van der Waals surface area (Å²) in [4.78, 5) is 3.52. The molecule has 3 N–H and O–H groups in total. The normalized spacial score (nSPS) is 13.8. The highest BCUT2D eigenvalue weighted by Crippen LogP contribution is 2.17. The van der Waals surface area contributed by atoms with Crippen LogP contribution in [0.15, 0.2) is 18.5 Å². The molecule has 0 aliphatic rings. The van der Waals surface area contributed by atoms with Crippen molar-refractivity contribution in [3.63, 3.8) is 0 Å². The predicted octanol–water partition coefficient (Wildman–Crippen LogP) is 1.20. The summed E-state index contributed by atoms with van der Waals surface area (Å²) >= 11 is 0. The van der Waals surface area contributed by atoms with Crippen molar-refractivity contribution in [2.45, 2.75) is 18.8 Å². The average Bonchev–Trinajstić information content (AvgIpc) is 2.19. The first-order chi connectivity index (χ1) is 7.41. The molecule has 0 aliphatic carbocycles. The number of aromatic nitrogens is 1. The zero-order valence-corrected chi connectivity index (χ0v) is 8.26. The van der Waals surface area contributed by atoms with E-state index in [4.69, 9.17) is 5.73 Å². The van der Waals surface area contributed by atoms with Crippen LogP contribution in [-0.2, 0) is 6.54 Å². The highest BCUT2D eigenvalue weighted by molar-refractivity contribution is 5.11. The fraction of sp³-hybridized carbons (Fsp3) is 0.444. The minimum absolute atomic E-state index is 0.0157. The first kappa shape index (κ1) is 12.9. The van der Waals surface area contributed by atoms with Crippen LogP contribution in [0.5, 0.6) is 0 Å².